The van der Waals surface area contributed by atoms with Crippen LogP contribution in [0.3, 0.4) is 0 Å². The van der Waals surface area contributed by atoms with Crippen molar-refractivity contribution in [3.05, 3.63) is 54.0 Å². The number of rotatable bonds is 5. The quantitative estimate of drug-likeness (QED) is 0.907. The summed E-state index contributed by atoms with van der Waals surface area (Å²) in [5.74, 6) is 1.05. The SMILES string of the molecule is CNc1cc([C@H]2CCCN(C(=O)COc3cccc(F)c3)C2)ccn1. The van der Waals surface area contributed by atoms with Crippen molar-refractivity contribution in [3.63, 3.8) is 0 Å². The lowest BCUT2D eigenvalue weighted by Crippen LogP contribution is -2.41. The Balaban J connectivity index is 1.59. The van der Waals surface area contributed by atoms with Gasteiger partial charge in [-0.25, -0.2) is 9.37 Å². The van der Waals surface area contributed by atoms with Gasteiger partial charge in [0.1, 0.15) is 17.4 Å². The molecule has 0 bridgehead atoms. The van der Waals surface area contributed by atoms with E-state index >= 15 is 0 Å². The topological polar surface area (TPSA) is 54.5 Å². The van der Waals surface area contributed by atoms with Crippen molar-refractivity contribution in [2.24, 2.45) is 0 Å². The highest BCUT2D eigenvalue weighted by molar-refractivity contribution is 5.78. The summed E-state index contributed by atoms with van der Waals surface area (Å²) in [6, 6.07) is 9.87. The molecule has 2 heterocycles. The molecule has 1 atom stereocenters. The van der Waals surface area contributed by atoms with Gasteiger partial charge in [-0.15, -0.1) is 0 Å². The number of ether oxygens (including phenoxy) is 1. The molecule has 0 spiro atoms. The zero-order chi connectivity index (χ0) is 17.6. The first kappa shape index (κ1) is 17.2. The molecule has 1 amide bonds. The first-order valence-electron chi connectivity index (χ1n) is 8.45. The molecule has 5 nitrogen and oxygen atoms in total. The molecular formula is C19H22FN3O2. The van der Waals surface area contributed by atoms with Gasteiger partial charge in [-0.2, -0.15) is 0 Å². The molecule has 0 saturated carbocycles. The van der Waals surface area contributed by atoms with Crippen molar-refractivity contribution in [1.82, 2.24) is 9.88 Å². The van der Waals surface area contributed by atoms with Crippen molar-refractivity contribution in [3.8, 4) is 5.75 Å². The van der Waals surface area contributed by atoms with Crippen LogP contribution < -0.4 is 10.1 Å². The Bertz CT molecular complexity index is 738. The third-order valence-corrected chi connectivity index (χ3v) is 4.44. The molecule has 0 aliphatic carbocycles. The van der Waals surface area contributed by atoms with Gasteiger partial charge in [0.2, 0.25) is 0 Å². The predicted molar refractivity (Wildman–Crippen MR) is 94.2 cm³/mol. The second kappa shape index (κ2) is 7.96. The first-order valence-corrected chi connectivity index (χ1v) is 8.45. The number of anilines is 1. The number of amides is 1. The van der Waals surface area contributed by atoms with Gasteiger partial charge in [-0.3, -0.25) is 4.79 Å². The monoisotopic (exact) mass is 343 g/mol. The van der Waals surface area contributed by atoms with Crippen LogP contribution in [0, 0.1) is 5.82 Å². The van der Waals surface area contributed by atoms with E-state index in [1.165, 1.54) is 17.7 Å². The average Bonchev–Trinajstić information content (AvgIpc) is 2.66. The van der Waals surface area contributed by atoms with Gasteiger partial charge in [0.15, 0.2) is 6.61 Å². The Morgan fingerprint density at radius 2 is 2.28 bits per heavy atom. The highest BCUT2D eigenvalue weighted by atomic mass is 19.1. The van der Waals surface area contributed by atoms with Gasteiger partial charge in [0.25, 0.3) is 5.91 Å². The highest BCUT2D eigenvalue weighted by Gasteiger charge is 2.25. The molecular weight excluding hydrogens is 321 g/mol. The van der Waals surface area contributed by atoms with Gasteiger partial charge < -0.3 is 15.0 Å². The second-order valence-electron chi connectivity index (χ2n) is 6.15. The van der Waals surface area contributed by atoms with Crippen molar-refractivity contribution in [2.45, 2.75) is 18.8 Å². The van der Waals surface area contributed by atoms with Gasteiger partial charge in [0.05, 0.1) is 0 Å². The molecule has 2 aromatic rings. The van der Waals surface area contributed by atoms with E-state index in [2.05, 4.69) is 10.3 Å². The predicted octanol–water partition coefficient (Wildman–Crippen LogP) is 3.05. The largest absolute Gasteiger partial charge is 0.484 e. The Morgan fingerprint density at radius 1 is 1.40 bits per heavy atom. The van der Waals surface area contributed by atoms with E-state index < -0.39 is 0 Å². The first-order chi connectivity index (χ1) is 12.2. The van der Waals surface area contributed by atoms with Gasteiger partial charge in [-0.05, 0) is 42.7 Å². The van der Waals surface area contributed by atoms with E-state index in [0.29, 0.717) is 18.2 Å². The van der Waals surface area contributed by atoms with Crippen LogP contribution in [0.2, 0.25) is 0 Å². The number of pyridine rings is 1. The number of halogens is 1. The third-order valence-electron chi connectivity index (χ3n) is 4.44. The maximum atomic E-state index is 13.2. The minimum atomic E-state index is -0.374. The molecule has 1 N–H and O–H groups in total. The molecule has 1 aromatic heterocycles. The van der Waals surface area contributed by atoms with Crippen LogP contribution in [0.4, 0.5) is 10.2 Å². The molecule has 0 radical (unpaired) electrons. The van der Waals surface area contributed by atoms with Crippen LogP contribution in [0.1, 0.15) is 24.3 Å². The molecule has 132 valence electrons. The zero-order valence-electron chi connectivity index (χ0n) is 14.2. The summed E-state index contributed by atoms with van der Waals surface area (Å²) in [7, 11) is 1.84. The number of likely N-dealkylation sites (tertiary alicyclic amines) is 1. The van der Waals surface area contributed by atoms with Crippen molar-refractivity contribution in [1.29, 1.82) is 0 Å². The van der Waals surface area contributed by atoms with Crippen LogP contribution in [0.25, 0.3) is 0 Å². The number of hydrogen-bond acceptors (Lipinski definition) is 4. The maximum Gasteiger partial charge on any atom is 0.260 e. The van der Waals surface area contributed by atoms with E-state index in [1.54, 1.807) is 18.3 Å². The summed E-state index contributed by atoms with van der Waals surface area (Å²) in [5, 5.41) is 3.04. The highest BCUT2D eigenvalue weighted by Crippen LogP contribution is 2.28. The van der Waals surface area contributed by atoms with E-state index in [1.807, 2.05) is 24.1 Å². The number of hydrogen-bond donors (Lipinski definition) is 1. The number of carbonyl (C=O) groups excluding carboxylic acids is 1. The summed E-state index contributed by atoms with van der Waals surface area (Å²) in [6.45, 7) is 1.32. The lowest BCUT2D eigenvalue weighted by atomic mass is 9.91. The van der Waals surface area contributed by atoms with Crippen LogP contribution in [-0.4, -0.2) is 42.5 Å². The minimum Gasteiger partial charge on any atom is -0.484 e. The molecule has 3 rings (SSSR count). The number of aromatic nitrogens is 1. The Labute approximate surface area is 146 Å². The zero-order valence-corrected chi connectivity index (χ0v) is 14.2. The number of benzene rings is 1. The Morgan fingerprint density at radius 3 is 3.08 bits per heavy atom. The molecule has 25 heavy (non-hydrogen) atoms. The number of carbonyl (C=O) groups is 1. The fourth-order valence-corrected chi connectivity index (χ4v) is 3.11. The third kappa shape index (κ3) is 4.47. The maximum absolute atomic E-state index is 13.2. The smallest absolute Gasteiger partial charge is 0.260 e. The lowest BCUT2D eigenvalue weighted by Gasteiger charge is -2.33. The van der Waals surface area contributed by atoms with Gasteiger partial charge >= 0.3 is 0 Å². The number of piperidine rings is 1. The van der Waals surface area contributed by atoms with Crippen LogP contribution in [0.5, 0.6) is 5.75 Å². The minimum absolute atomic E-state index is 0.0724. The summed E-state index contributed by atoms with van der Waals surface area (Å²) >= 11 is 0. The van der Waals surface area contributed by atoms with Gasteiger partial charge in [0, 0.05) is 38.3 Å². The van der Waals surface area contributed by atoms with E-state index in [4.69, 9.17) is 4.74 Å². The van der Waals surface area contributed by atoms with E-state index in [9.17, 15) is 9.18 Å². The van der Waals surface area contributed by atoms with Gasteiger partial charge in [-0.1, -0.05) is 6.07 Å². The molecule has 1 aromatic carbocycles. The fourth-order valence-electron chi connectivity index (χ4n) is 3.11. The van der Waals surface area contributed by atoms with Crippen molar-refractivity contribution >= 4 is 11.7 Å². The van der Waals surface area contributed by atoms with Crippen LogP contribution >= 0.6 is 0 Å². The summed E-state index contributed by atoms with van der Waals surface area (Å²) in [4.78, 5) is 18.5. The molecule has 1 aliphatic rings. The standard InChI is InChI=1S/C19H22FN3O2/c1-21-18-10-14(7-8-22-18)15-4-3-9-23(12-15)19(24)13-25-17-6-2-5-16(20)11-17/h2,5-8,10-11,15H,3-4,9,12-13H2,1H3,(H,21,22)/t15-/m0/s1. The van der Waals surface area contributed by atoms with Crippen LogP contribution in [0.15, 0.2) is 42.6 Å². The van der Waals surface area contributed by atoms with Crippen molar-refractivity contribution < 1.29 is 13.9 Å². The van der Waals surface area contributed by atoms with E-state index in [0.717, 1.165) is 25.2 Å². The normalized spacial score (nSPS) is 17.2. The summed E-state index contributed by atoms with van der Waals surface area (Å²) < 4.78 is 18.6. The summed E-state index contributed by atoms with van der Waals surface area (Å²) in [6.07, 6.45) is 3.78. The van der Waals surface area contributed by atoms with E-state index in [-0.39, 0.29) is 18.3 Å². The molecule has 1 fully saturated rings. The van der Waals surface area contributed by atoms with Crippen molar-refractivity contribution in [2.75, 3.05) is 32.1 Å². The Hall–Kier alpha value is -2.63. The van der Waals surface area contributed by atoms with Crippen LogP contribution in [-0.2, 0) is 4.79 Å². The molecule has 1 aliphatic heterocycles. The molecule has 6 heteroatoms. The fraction of sp³-hybridized carbons (Fsp3) is 0.368. The lowest BCUT2D eigenvalue weighted by molar-refractivity contribution is -0.134. The summed E-state index contributed by atoms with van der Waals surface area (Å²) in [5.41, 5.74) is 1.18. The number of nitrogens with zero attached hydrogens (tertiary/aromatic N) is 2. The molecule has 0 unspecified atom stereocenters. The Kier molecular flexibility index (Phi) is 5.48. The number of nitrogens with one attached hydrogen (secondary N) is 1. The molecule has 1 saturated heterocycles. The second-order valence-corrected chi connectivity index (χ2v) is 6.15. The average molecular weight is 343 g/mol.